The number of ether oxygens (including phenoxy) is 1. The topological polar surface area (TPSA) is 47.0 Å². The Bertz CT molecular complexity index is 614. The molecule has 2 aromatic rings. The van der Waals surface area contributed by atoms with Gasteiger partial charge in [0.05, 0.1) is 6.10 Å². The molecule has 1 fully saturated rings. The molecule has 118 valence electrons. The second-order valence-corrected chi connectivity index (χ2v) is 7.49. The molecule has 1 saturated heterocycles. The first-order chi connectivity index (χ1) is 10.7. The maximum absolute atomic E-state index is 13.7. The Labute approximate surface area is 141 Å². The quantitative estimate of drug-likeness (QED) is 0.783. The highest BCUT2D eigenvalue weighted by molar-refractivity contribution is 8.00. The lowest BCUT2D eigenvalue weighted by Gasteiger charge is -2.08. The molecule has 1 aliphatic heterocycles. The molecule has 1 N–H and O–H groups in total. The number of nitrogens with zero attached hydrogens (tertiary/aromatic N) is 2. The normalized spacial score (nSPS) is 17.8. The van der Waals surface area contributed by atoms with E-state index in [0.717, 1.165) is 35.5 Å². The molecule has 0 aliphatic carbocycles. The number of halogens is 2. The average molecular weight is 360 g/mol. The van der Waals surface area contributed by atoms with Gasteiger partial charge in [-0.25, -0.2) is 4.39 Å². The summed E-state index contributed by atoms with van der Waals surface area (Å²) in [6.07, 6.45) is 2.46. The molecule has 22 heavy (non-hydrogen) atoms. The van der Waals surface area contributed by atoms with Crippen molar-refractivity contribution in [3.05, 3.63) is 34.6 Å². The third-order valence-corrected chi connectivity index (χ3v) is 5.71. The van der Waals surface area contributed by atoms with Crippen LogP contribution in [0.5, 0.6) is 0 Å². The van der Waals surface area contributed by atoms with E-state index in [2.05, 4.69) is 15.5 Å². The van der Waals surface area contributed by atoms with Crippen LogP contribution in [0.1, 0.15) is 18.4 Å². The minimum atomic E-state index is -0.291. The number of rotatable bonds is 6. The predicted molar refractivity (Wildman–Crippen MR) is 88.3 cm³/mol. The molecule has 1 aliphatic rings. The Balaban J connectivity index is 1.53. The Morgan fingerprint density at radius 2 is 2.36 bits per heavy atom. The van der Waals surface area contributed by atoms with Crippen LogP contribution in [-0.2, 0) is 10.5 Å². The number of nitrogens with one attached hydrogen (secondary N) is 1. The van der Waals surface area contributed by atoms with E-state index >= 15 is 0 Å². The van der Waals surface area contributed by atoms with Gasteiger partial charge in [0, 0.05) is 29.5 Å². The van der Waals surface area contributed by atoms with Crippen molar-refractivity contribution in [2.45, 2.75) is 29.0 Å². The van der Waals surface area contributed by atoms with Gasteiger partial charge in [-0.3, -0.25) is 0 Å². The van der Waals surface area contributed by atoms with E-state index in [4.69, 9.17) is 16.3 Å². The fourth-order valence-electron chi connectivity index (χ4n) is 2.15. The van der Waals surface area contributed by atoms with Gasteiger partial charge in [0.1, 0.15) is 5.82 Å². The standard InChI is InChI=1S/C14H15ClFN3OS2/c15-11-4-1-5-12(16)10(11)8-21-14-19-18-13(22-14)17-7-9-3-2-6-20-9/h1,4-5,9H,2-3,6-8H2,(H,17,18). The van der Waals surface area contributed by atoms with Gasteiger partial charge in [0.2, 0.25) is 5.13 Å². The number of aromatic nitrogens is 2. The second-order valence-electron chi connectivity index (χ2n) is 4.88. The van der Waals surface area contributed by atoms with Crippen molar-refractivity contribution in [2.24, 2.45) is 0 Å². The maximum atomic E-state index is 13.7. The van der Waals surface area contributed by atoms with E-state index in [1.165, 1.54) is 29.2 Å². The predicted octanol–water partition coefficient (Wildman–Crippen LogP) is 4.21. The molecule has 0 spiro atoms. The summed E-state index contributed by atoms with van der Waals surface area (Å²) in [5.74, 6) is 0.146. The van der Waals surface area contributed by atoms with Crippen molar-refractivity contribution in [2.75, 3.05) is 18.5 Å². The SMILES string of the molecule is Fc1cccc(Cl)c1CSc1nnc(NCC2CCCO2)s1. The van der Waals surface area contributed by atoms with Crippen LogP contribution in [0.15, 0.2) is 22.5 Å². The lowest BCUT2D eigenvalue weighted by atomic mass is 10.2. The Kier molecular flexibility index (Phi) is 5.51. The largest absolute Gasteiger partial charge is 0.376 e. The van der Waals surface area contributed by atoms with Crippen LogP contribution < -0.4 is 5.32 Å². The summed E-state index contributed by atoms with van der Waals surface area (Å²) in [5, 5.41) is 12.6. The van der Waals surface area contributed by atoms with Crippen molar-refractivity contribution < 1.29 is 9.13 Å². The molecule has 1 aromatic carbocycles. The maximum Gasteiger partial charge on any atom is 0.206 e. The summed E-state index contributed by atoms with van der Waals surface area (Å²) in [5.41, 5.74) is 0.498. The van der Waals surface area contributed by atoms with Gasteiger partial charge in [-0.2, -0.15) is 0 Å². The number of benzene rings is 1. The number of thioether (sulfide) groups is 1. The lowest BCUT2D eigenvalue weighted by molar-refractivity contribution is 0.120. The molecule has 2 heterocycles. The van der Waals surface area contributed by atoms with Gasteiger partial charge >= 0.3 is 0 Å². The van der Waals surface area contributed by atoms with Gasteiger partial charge in [0.15, 0.2) is 4.34 Å². The lowest BCUT2D eigenvalue weighted by Crippen LogP contribution is -2.18. The fourth-order valence-corrected chi connectivity index (χ4v) is 4.25. The van der Waals surface area contributed by atoms with Gasteiger partial charge in [-0.15, -0.1) is 10.2 Å². The first kappa shape index (κ1) is 16.0. The van der Waals surface area contributed by atoms with Crippen LogP contribution in [0.4, 0.5) is 9.52 Å². The average Bonchev–Trinajstić information content (AvgIpc) is 3.16. The first-order valence-corrected chi connectivity index (χ1v) is 9.15. The number of hydrogen-bond donors (Lipinski definition) is 1. The molecule has 0 bridgehead atoms. The van der Waals surface area contributed by atoms with Gasteiger partial charge < -0.3 is 10.1 Å². The third kappa shape index (κ3) is 4.10. The first-order valence-electron chi connectivity index (χ1n) is 6.97. The zero-order chi connectivity index (χ0) is 15.4. The second kappa shape index (κ2) is 7.59. The van der Waals surface area contributed by atoms with E-state index in [9.17, 15) is 4.39 Å². The Hall–Kier alpha value is -0.890. The minimum absolute atomic E-state index is 0.261. The van der Waals surface area contributed by atoms with Crippen LogP contribution in [0.2, 0.25) is 5.02 Å². The Morgan fingerprint density at radius 1 is 1.45 bits per heavy atom. The van der Waals surface area contributed by atoms with Crippen LogP contribution in [0.3, 0.4) is 0 Å². The van der Waals surface area contributed by atoms with E-state index in [-0.39, 0.29) is 11.9 Å². The number of hydrogen-bond acceptors (Lipinski definition) is 6. The van der Waals surface area contributed by atoms with E-state index in [0.29, 0.717) is 16.3 Å². The van der Waals surface area contributed by atoms with Crippen LogP contribution in [0.25, 0.3) is 0 Å². The van der Waals surface area contributed by atoms with Crippen LogP contribution in [-0.4, -0.2) is 29.5 Å². The number of anilines is 1. The summed E-state index contributed by atoms with van der Waals surface area (Å²) in [4.78, 5) is 0. The van der Waals surface area contributed by atoms with E-state index in [1.807, 2.05) is 0 Å². The van der Waals surface area contributed by atoms with Crippen molar-refractivity contribution in [1.82, 2.24) is 10.2 Å². The molecule has 1 aromatic heterocycles. The molecular formula is C14H15ClFN3OS2. The van der Waals surface area contributed by atoms with Crippen molar-refractivity contribution in [3.8, 4) is 0 Å². The minimum Gasteiger partial charge on any atom is -0.376 e. The van der Waals surface area contributed by atoms with Crippen molar-refractivity contribution >= 4 is 39.8 Å². The summed E-state index contributed by atoms with van der Waals surface area (Å²) in [6.45, 7) is 1.59. The summed E-state index contributed by atoms with van der Waals surface area (Å²) in [7, 11) is 0. The van der Waals surface area contributed by atoms with Crippen molar-refractivity contribution in [1.29, 1.82) is 0 Å². The smallest absolute Gasteiger partial charge is 0.206 e. The molecular weight excluding hydrogens is 345 g/mol. The summed E-state index contributed by atoms with van der Waals surface area (Å²) < 4.78 is 20.0. The van der Waals surface area contributed by atoms with Gasteiger partial charge in [0.25, 0.3) is 0 Å². The highest BCUT2D eigenvalue weighted by atomic mass is 35.5. The van der Waals surface area contributed by atoms with E-state index in [1.54, 1.807) is 12.1 Å². The molecule has 0 amide bonds. The Morgan fingerprint density at radius 3 is 3.14 bits per heavy atom. The third-order valence-electron chi connectivity index (χ3n) is 3.31. The van der Waals surface area contributed by atoms with E-state index < -0.39 is 0 Å². The summed E-state index contributed by atoms with van der Waals surface area (Å²) in [6, 6.07) is 4.70. The van der Waals surface area contributed by atoms with Crippen LogP contribution in [0, 0.1) is 5.82 Å². The molecule has 0 radical (unpaired) electrons. The molecule has 4 nitrogen and oxygen atoms in total. The monoisotopic (exact) mass is 359 g/mol. The fraction of sp³-hybridized carbons (Fsp3) is 0.429. The molecule has 3 rings (SSSR count). The van der Waals surface area contributed by atoms with Gasteiger partial charge in [-0.1, -0.05) is 40.8 Å². The molecule has 8 heteroatoms. The molecule has 0 saturated carbocycles. The van der Waals surface area contributed by atoms with Crippen LogP contribution >= 0.6 is 34.7 Å². The van der Waals surface area contributed by atoms with Crippen molar-refractivity contribution in [3.63, 3.8) is 0 Å². The molecule has 1 unspecified atom stereocenters. The zero-order valence-corrected chi connectivity index (χ0v) is 14.1. The summed E-state index contributed by atoms with van der Waals surface area (Å²) >= 11 is 8.90. The highest BCUT2D eigenvalue weighted by Crippen LogP contribution is 2.31. The van der Waals surface area contributed by atoms with Gasteiger partial charge in [-0.05, 0) is 25.0 Å². The highest BCUT2D eigenvalue weighted by Gasteiger charge is 2.16. The molecule has 1 atom stereocenters. The zero-order valence-electron chi connectivity index (χ0n) is 11.7.